The minimum atomic E-state index is -3.61. The Morgan fingerprint density at radius 2 is 1.68 bits per heavy atom. The van der Waals surface area contributed by atoms with Crippen LogP contribution in [0.5, 0.6) is 0 Å². The van der Waals surface area contributed by atoms with Gasteiger partial charge in [-0.2, -0.15) is 0 Å². The summed E-state index contributed by atoms with van der Waals surface area (Å²) in [5, 5.41) is -0.656. The lowest BCUT2D eigenvalue weighted by molar-refractivity contribution is -0.123. The Morgan fingerprint density at radius 1 is 1.16 bits per heavy atom. The van der Waals surface area contributed by atoms with Crippen molar-refractivity contribution in [3.8, 4) is 0 Å². The average molecular weight is 284 g/mol. The zero-order valence-electron chi connectivity index (χ0n) is 11.3. The van der Waals surface area contributed by atoms with E-state index in [2.05, 4.69) is 4.72 Å². The molecule has 3 N–H and O–H groups in total. The van der Waals surface area contributed by atoms with Gasteiger partial charge in [-0.1, -0.05) is 37.3 Å². The van der Waals surface area contributed by atoms with Crippen molar-refractivity contribution in [2.75, 3.05) is 0 Å². The molecule has 0 heterocycles. The number of nitrogens with one attached hydrogen (secondary N) is 1. The maximum atomic E-state index is 11.9. The molecule has 0 aliphatic heterocycles. The standard InChI is InChI=1S/C13H20N2O3S/c1-9(2)19(17,18)15-13(16)10(3)12(14)11-7-5-4-6-8-11/h4-10,12H,14H2,1-3H3,(H,15,16). The van der Waals surface area contributed by atoms with Crippen molar-refractivity contribution in [1.82, 2.24) is 4.72 Å². The molecule has 0 aliphatic rings. The summed E-state index contributed by atoms with van der Waals surface area (Å²) in [6.45, 7) is 4.64. The molecule has 0 radical (unpaired) electrons. The molecule has 1 amide bonds. The Kier molecular flexibility index (Phi) is 5.08. The Balaban J connectivity index is 2.79. The van der Waals surface area contributed by atoms with Crippen molar-refractivity contribution in [2.45, 2.75) is 32.1 Å². The van der Waals surface area contributed by atoms with Crippen LogP contribution in [0, 0.1) is 5.92 Å². The van der Waals surface area contributed by atoms with Crippen molar-refractivity contribution in [2.24, 2.45) is 11.7 Å². The second kappa shape index (κ2) is 6.16. The molecule has 2 atom stereocenters. The highest BCUT2D eigenvalue weighted by atomic mass is 32.2. The Morgan fingerprint density at radius 3 is 2.16 bits per heavy atom. The molecule has 2 unspecified atom stereocenters. The Hall–Kier alpha value is -1.40. The zero-order valence-corrected chi connectivity index (χ0v) is 12.1. The first-order valence-electron chi connectivity index (χ1n) is 6.11. The van der Waals surface area contributed by atoms with Gasteiger partial charge in [0.15, 0.2) is 0 Å². The van der Waals surface area contributed by atoms with E-state index in [1.165, 1.54) is 13.8 Å². The monoisotopic (exact) mass is 284 g/mol. The molecule has 0 saturated carbocycles. The smallest absolute Gasteiger partial charge is 0.238 e. The normalized spacial score (nSPS) is 15.0. The van der Waals surface area contributed by atoms with Gasteiger partial charge in [-0.3, -0.25) is 9.52 Å². The number of hydrogen-bond acceptors (Lipinski definition) is 4. The molecule has 0 spiro atoms. The molecule has 0 fully saturated rings. The summed E-state index contributed by atoms with van der Waals surface area (Å²) < 4.78 is 25.3. The molecule has 0 bridgehead atoms. The van der Waals surface area contributed by atoms with E-state index in [-0.39, 0.29) is 0 Å². The van der Waals surface area contributed by atoms with E-state index in [0.29, 0.717) is 0 Å². The van der Waals surface area contributed by atoms with Crippen LogP contribution in [-0.2, 0) is 14.8 Å². The van der Waals surface area contributed by atoms with E-state index >= 15 is 0 Å². The zero-order chi connectivity index (χ0) is 14.6. The highest BCUT2D eigenvalue weighted by Gasteiger charge is 2.27. The number of amides is 1. The Bertz CT molecular complexity index is 526. The SMILES string of the molecule is CC(C(=O)NS(=O)(=O)C(C)C)C(N)c1ccccc1. The quantitative estimate of drug-likeness (QED) is 0.849. The van der Waals surface area contributed by atoms with Crippen LogP contribution in [0.2, 0.25) is 0 Å². The summed E-state index contributed by atoms with van der Waals surface area (Å²) in [5.74, 6) is -1.21. The molecule has 5 nitrogen and oxygen atoms in total. The summed E-state index contributed by atoms with van der Waals surface area (Å²) in [7, 11) is -3.61. The van der Waals surface area contributed by atoms with Gasteiger partial charge in [0.25, 0.3) is 0 Å². The van der Waals surface area contributed by atoms with E-state index in [4.69, 9.17) is 5.73 Å². The van der Waals surface area contributed by atoms with Gasteiger partial charge in [0, 0.05) is 6.04 Å². The van der Waals surface area contributed by atoms with Gasteiger partial charge in [0.05, 0.1) is 11.2 Å². The second-order valence-electron chi connectivity index (χ2n) is 4.79. The second-order valence-corrected chi connectivity index (χ2v) is 7.02. The summed E-state index contributed by atoms with van der Waals surface area (Å²) in [4.78, 5) is 11.9. The molecule has 106 valence electrons. The van der Waals surface area contributed by atoms with Gasteiger partial charge in [-0.15, -0.1) is 0 Å². The lowest BCUT2D eigenvalue weighted by Crippen LogP contribution is -2.41. The van der Waals surface area contributed by atoms with Crippen molar-refractivity contribution in [3.63, 3.8) is 0 Å². The molecule has 1 rings (SSSR count). The molecule has 19 heavy (non-hydrogen) atoms. The lowest BCUT2D eigenvalue weighted by Gasteiger charge is -2.20. The number of benzene rings is 1. The highest BCUT2D eigenvalue weighted by Crippen LogP contribution is 2.19. The van der Waals surface area contributed by atoms with E-state index in [1.807, 2.05) is 30.3 Å². The van der Waals surface area contributed by atoms with E-state index < -0.39 is 33.1 Å². The maximum absolute atomic E-state index is 11.9. The molecule has 6 heteroatoms. The molecular weight excluding hydrogens is 264 g/mol. The summed E-state index contributed by atoms with van der Waals surface area (Å²) in [5.41, 5.74) is 6.78. The highest BCUT2D eigenvalue weighted by molar-refractivity contribution is 7.90. The summed E-state index contributed by atoms with van der Waals surface area (Å²) in [6.07, 6.45) is 0. The third-order valence-corrected chi connectivity index (χ3v) is 4.73. The lowest BCUT2D eigenvalue weighted by atomic mass is 9.95. The summed E-state index contributed by atoms with van der Waals surface area (Å²) in [6, 6.07) is 8.58. The predicted molar refractivity (Wildman–Crippen MR) is 74.7 cm³/mol. The minimum Gasteiger partial charge on any atom is -0.323 e. The van der Waals surface area contributed by atoms with Gasteiger partial charge >= 0.3 is 0 Å². The minimum absolute atomic E-state index is 0.538. The first-order chi connectivity index (χ1) is 8.75. The van der Waals surface area contributed by atoms with Gasteiger partial charge in [0.1, 0.15) is 0 Å². The number of carbonyl (C=O) groups is 1. The first kappa shape index (κ1) is 15.7. The molecule has 1 aromatic rings. The third kappa shape index (κ3) is 4.04. The topological polar surface area (TPSA) is 89.3 Å². The van der Waals surface area contributed by atoms with Crippen LogP contribution in [-0.4, -0.2) is 19.6 Å². The van der Waals surface area contributed by atoms with Crippen LogP contribution >= 0.6 is 0 Å². The van der Waals surface area contributed by atoms with Gasteiger partial charge in [-0.25, -0.2) is 8.42 Å². The van der Waals surface area contributed by atoms with Crippen LogP contribution in [0.25, 0.3) is 0 Å². The average Bonchev–Trinajstić information content (AvgIpc) is 2.37. The van der Waals surface area contributed by atoms with Gasteiger partial charge in [0.2, 0.25) is 15.9 Å². The van der Waals surface area contributed by atoms with Crippen molar-refractivity contribution >= 4 is 15.9 Å². The molecular formula is C13H20N2O3S. The van der Waals surface area contributed by atoms with E-state index in [1.54, 1.807) is 6.92 Å². The van der Waals surface area contributed by atoms with Crippen LogP contribution in [0.15, 0.2) is 30.3 Å². The van der Waals surface area contributed by atoms with Crippen molar-refractivity contribution < 1.29 is 13.2 Å². The molecule has 0 aromatic heterocycles. The molecule has 0 aliphatic carbocycles. The number of carbonyl (C=O) groups excluding carboxylic acids is 1. The molecule has 1 aromatic carbocycles. The van der Waals surface area contributed by atoms with Crippen LogP contribution in [0.4, 0.5) is 0 Å². The largest absolute Gasteiger partial charge is 0.323 e. The van der Waals surface area contributed by atoms with E-state index in [0.717, 1.165) is 5.56 Å². The van der Waals surface area contributed by atoms with Crippen LogP contribution in [0.1, 0.15) is 32.4 Å². The predicted octanol–water partition coefficient (Wildman–Crippen LogP) is 1.18. The molecule has 0 saturated heterocycles. The fraction of sp³-hybridized carbons (Fsp3) is 0.462. The number of hydrogen-bond donors (Lipinski definition) is 2. The van der Waals surface area contributed by atoms with Crippen molar-refractivity contribution in [3.05, 3.63) is 35.9 Å². The fourth-order valence-electron chi connectivity index (χ4n) is 1.48. The van der Waals surface area contributed by atoms with Crippen molar-refractivity contribution in [1.29, 1.82) is 0 Å². The third-order valence-electron chi connectivity index (χ3n) is 3.00. The number of sulfonamides is 1. The summed E-state index contributed by atoms with van der Waals surface area (Å²) >= 11 is 0. The number of rotatable bonds is 5. The fourth-order valence-corrected chi connectivity index (χ4v) is 2.18. The first-order valence-corrected chi connectivity index (χ1v) is 7.66. The van der Waals surface area contributed by atoms with Crippen LogP contribution < -0.4 is 10.5 Å². The van der Waals surface area contributed by atoms with Gasteiger partial charge in [-0.05, 0) is 19.4 Å². The van der Waals surface area contributed by atoms with Gasteiger partial charge < -0.3 is 5.73 Å². The van der Waals surface area contributed by atoms with Crippen LogP contribution in [0.3, 0.4) is 0 Å². The number of nitrogens with two attached hydrogens (primary N) is 1. The Labute approximate surface area is 114 Å². The van der Waals surface area contributed by atoms with E-state index in [9.17, 15) is 13.2 Å². The maximum Gasteiger partial charge on any atom is 0.238 e.